The summed E-state index contributed by atoms with van der Waals surface area (Å²) < 4.78 is 45.9. The Balaban J connectivity index is 1.03. The van der Waals surface area contributed by atoms with Gasteiger partial charge < -0.3 is 112 Å². The zero-order chi connectivity index (χ0) is 82.0. The minimum atomic E-state index is -2.17. The number of nitrogens with one attached hydrogen (secondary N) is 6. The smallest absolute Gasteiger partial charge is 0.283 e. The zero-order valence-corrected chi connectivity index (χ0v) is 64.6. The van der Waals surface area contributed by atoms with E-state index in [0.29, 0.717) is 5.02 Å². The van der Waals surface area contributed by atoms with Crippen molar-refractivity contribution in [2.24, 2.45) is 17.6 Å². The molecule has 7 aromatic rings. The van der Waals surface area contributed by atoms with Crippen LogP contribution in [0.3, 0.4) is 0 Å². The Morgan fingerprint density at radius 2 is 1.37 bits per heavy atom. The molecule has 16 N–H and O–H groups in total. The number of hydrogen-bond donors (Lipinski definition) is 15. The van der Waals surface area contributed by atoms with Crippen LogP contribution in [0, 0.1) is 11.8 Å². The molecule has 114 heavy (non-hydrogen) atoms. The SMILES string of the molecule is CN[C@H](CC(C)C)C(=O)N[C@H]1C(=O)C[C@@H](CC(N)=O)C(=O)N[C@H]2C(=O)C[C@H]3C(=O)N[C@@H](Oc4ccc(c(Cl)c4)Oc4cc2cc(c4OC2OC(CO)C(O)C(O)C2OC2CC(C)(NCc4ccc(-c5ccc(Cl)cc5)cc4)C(O)C(C)O2)Oc2ccc(cc2Cl)[C@H]1O)C(=O)N[C@H](C(C)=O)c1cc(O)cc(O)c1-c1cc3ccc1O. The predicted molar refractivity (Wildman–Crippen MR) is 410 cm³/mol. The van der Waals surface area contributed by atoms with Gasteiger partial charge in [-0.25, -0.2) is 0 Å². The monoisotopic (exact) mass is 1630 g/mol. The van der Waals surface area contributed by atoms with Gasteiger partial charge in [0.1, 0.15) is 77.0 Å². The normalized spacial score (nSPS) is 26.8. The van der Waals surface area contributed by atoms with Crippen LogP contribution in [-0.4, -0.2) is 174 Å². The lowest BCUT2D eigenvalue weighted by Crippen LogP contribution is -2.65. The van der Waals surface area contributed by atoms with Crippen LogP contribution in [0.15, 0.2) is 127 Å². The van der Waals surface area contributed by atoms with Crippen LogP contribution in [0.1, 0.15) is 119 Å². The van der Waals surface area contributed by atoms with E-state index in [9.17, 15) is 60.0 Å². The Morgan fingerprint density at radius 1 is 0.711 bits per heavy atom. The number of carbonyl (C=O) groups is 8. The molecule has 30 nitrogen and oxygen atoms in total. The van der Waals surface area contributed by atoms with Gasteiger partial charge in [-0.3, -0.25) is 38.4 Å². The Kier molecular flexibility index (Phi) is 25.6. The second kappa shape index (κ2) is 35.0. The first kappa shape index (κ1) is 83.4. The maximum atomic E-state index is 16.3. The van der Waals surface area contributed by atoms with Gasteiger partial charge in [-0.05, 0) is 146 Å². The van der Waals surface area contributed by atoms with Crippen LogP contribution in [-0.2, 0) is 59.1 Å². The third kappa shape index (κ3) is 18.4. The lowest BCUT2D eigenvalue weighted by molar-refractivity contribution is -0.334. The summed E-state index contributed by atoms with van der Waals surface area (Å²) in [5.74, 6) is -16.7. The third-order valence-corrected chi connectivity index (χ3v) is 21.6. The number of benzene rings is 7. The Hall–Kier alpha value is -10.0. The van der Waals surface area contributed by atoms with E-state index in [-0.39, 0.29) is 86.0 Å². The number of Topliss-reactive ketones (excluding diaryl/α,β-unsaturated/α-hetero) is 3. The molecular formula is C81H86Cl3N7O23. The molecule has 7 aromatic carbocycles. The fourth-order valence-corrected chi connectivity index (χ4v) is 15.2. The quantitative estimate of drug-likeness (QED) is 0.0434. The van der Waals surface area contributed by atoms with Crippen LogP contribution < -0.4 is 56.6 Å². The maximum Gasteiger partial charge on any atom is 0.283 e. The number of rotatable bonds is 17. The lowest BCUT2D eigenvalue weighted by Gasteiger charge is -2.48. The van der Waals surface area contributed by atoms with Crippen molar-refractivity contribution in [1.29, 1.82) is 0 Å². The highest BCUT2D eigenvalue weighted by atomic mass is 35.5. The number of aromatic hydroxyl groups is 3. The van der Waals surface area contributed by atoms with E-state index in [4.69, 9.17) is 73.7 Å². The van der Waals surface area contributed by atoms with Crippen LogP contribution in [0.4, 0.5) is 0 Å². The Labute approximate surface area is 668 Å². The molecule has 7 aliphatic heterocycles. The number of aliphatic hydroxyl groups is 5. The molecule has 0 saturated carbocycles. The number of nitrogens with two attached hydrogens (primary N) is 1. The Bertz CT molecular complexity index is 4850. The first-order chi connectivity index (χ1) is 54.2. The lowest BCUT2D eigenvalue weighted by atomic mass is 9.84. The summed E-state index contributed by atoms with van der Waals surface area (Å²) >= 11 is 20.5. The number of aliphatic hydroxyl groups excluding tert-OH is 5. The van der Waals surface area contributed by atoms with Crippen molar-refractivity contribution in [3.63, 3.8) is 0 Å². The van der Waals surface area contributed by atoms with Crippen molar-refractivity contribution in [2.75, 3.05) is 13.7 Å². The van der Waals surface area contributed by atoms with Crippen molar-refractivity contribution in [3.05, 3.63) is 170 Å². The molecule has 604 valence electrons. The molecule has 0 aromatic heterocycles. The molecule has 2 fully saturated rings. The average molecular weight is 1630 g/mol. The highest BCUT2D eigenvalue weighted by Crippen LogP contribution is 2.51. The number of fused-ring (bicyclic) bond motifs is 15. The number of phenolic OH excluding ortho intramolecular Hbond substituents is 3. The maximum absolute atomic E-state index is 16.3. The highest BCUT2D eigenvalue weighted by molar-refractivity contribution is 6.32. The summed E-state index contributed by atoms with van der Waals surface area (Å²) in [6.07, 6.45) is -20.0. The van der Waals surface area contributed by atoms with E-state index in [1.165, 1.54) is 49.5 Å². The predicted octanol–water partition coefficient (Wildman–Crippen LogP) is 7.04. The van der Waals surface area contributed by atoms with Crippen LogP contribution >= 0.6 is 34.8 Å². The van der Waals surface area contributed by atoms with Crippen molar-refractivity contribution in [2.45, 2.75) is 170 Å². The van der Waals surface area contributed by atoms with Gasteiger partial charge in [0.05, 0.1) is 46.7 Å². The second-order valence-electron chi connectivity index (χ2n) is 29.5. The molecule has 5 amide bonds. The summed E-state index contributed by atoms with van der Waals surface area (Å²) in [6.45, 7) is 7.38. The fraction of sp³-hybridized carbons (Fsp3) is 0.383. The summed E-state index contributed by atoms with van der Waals surface area (Å²) in [5.41, 5.74) is 5.86. The molecule has 33 heteroatoms. The van der Waals surface area contributed by atoms with Crippen molar-refractivity contribution in [1.82, 2.24) is 31.9 Å². The zero-order valence-electron chi connectivity index (χ0n) is 62.3. The van der Waals surface area contributed by atoms with Gasteiger partial charge in [0.2, 0.25) is 35.7 Å². The van der Waals surface area contributed by atoms with Crippen LogP contribution in [0.2, 0.25) is 15.1 Å². The molecule has 17 atom stereocenters. The van der Waals surface area contributed by atoms with Gasteiger partial charge in [0.25, 0.3) is 12.1 Å². The summed E-state index contributed by atoms with van der Waals surface area (Å²) in [4.78, 5) is 119. The number of ether oxygens (including phenoxy) is 7. The first-order valence-corrected chi connectivity index (χ1v) is 37.8. The van der Waals surface area contributed by atoms with Gasteiger partial charge >= 0.3 is 0 Å². The van der Waals surface area contributed by atoms with E-state index >= 15 is 19.2 Å². The molecular weight excluding hydrogens is 1550 g/mol. The van der Waals surface area contributed by atoms with Gasteiger partial charge in [-0.1, -0.05) is 97.2 Å². The van der Waals surface area contributed by atoms with Gasteiger partial charge in [-0.2, -0.15) is 0 Å². The van der Waals surface area contributed by atoms with E-state index in [2.05, 4.69) is 31.9 Å². The Morgan fingerprint density at radius 3 is 2.00 bits per heavy atom. The fourth-order valence-electron chi connectivity index (χ4n) is 14.7. The van der Waals surface area contributed by atoms with Crippen LogP contribution in [0.25, 0.3) is 22.3 Å². The molecule has 0 spiro atoms. The van der Waals surface area contributed by atoms with Crippen LogP contribution in [0.5, 0.6) is 51.7 Å². The number of amides is 5. The number of phenols is 3. The molecule has 0 aliphatic carbocycles. The highest BCUT2D eigenvalue weighted by Gasteiger charge is 2.52. The molecule has 7 aliphatic rings. The van der Waals surface area contributed by atoms with E-state index in [1.54, 1.807) is 26.0 Å². The van der Waals surface area contributed by atoms with Crippen molar-refractivity contribution >= 4 is 81.7 Å². The van der Waals surface area contributed by atoms with Gasteiger partial charge in [0, 0.05) is 66.0 Å². The summed E-state index contributed by atoms with van der Waals surface area (Å²) in [5, 5.41) is 110. The molecule has 14 rings (SSSR count). The number of likely N-dealkylation sites (N-methyl/N-ethyl adjacent to an activating group) is 1. The van der Waals surface area contributed by atoms with E-state index in [0.717, 1.165) is 60.0 Å². The largest absolute Gasteiger partial charge is 0.508 e. The number of hydrogen-bond acceptors (Lipinski definition) is 25. The standard InChI is InChI=1S/C81H86Cl3N7O23/c1-35(2)21-53(86-6)77(106)90-68-56(97)24-44(27-63(85)99)75(104)89-67-43-25-60(110-58-19-14-42(69(68)100)23-51(58)83)72(114-80-73(71(102)70(101)62(34-92)112-80)113-64-32-81(5,74(103)37(4)108-64)87-33-38-7-9-39(10-8-38)40-11-15-45(82)16-12-40)61(26-43)111-59-20-17-47(30-52(59)84)109-79-78(107)88-66(36(3)93)50-28-46(94)29-55(96)65(50)49-22-41(13-18-54(49)95)48(31-57(67)98)76(105)91-79/h7-20,22-23,25-26,28-30,35,37,44,48,53,62,64,66-71,73-74,79-80,86-87,92,94-96,100-103H,21,24,27,31-34H2,1-6H3,(H2,85,99)(H,88,107)(H,89,104)(H,90,106)(H,91,105)/t37?,44-,48+,53+,62?,64?,66+,67+,68-,69+,70?,71?,73?,74?,79-,80?,81?/m0/s1. The molecule has 11 bridgehead atoms. The second-order valence-corrected chi connectivity index (χ2v) is 30.8. The number of ketones is 3. The number of primary amides is 1. The van der Waals surface area contributed by atoms with Gasteiger partial charge in [-0.15, -0.1) is 0 Å². The van der Waals surface area contributed by atoms with Gasteiger partial charge in [0.15, 0.2) is 41.2 Å². The topological polar surface area (TPSA) is 461 Å². The number of halogens is 3. The summed E-state index contributed by atoms with van der Waals surface area (Å²) in [7, 11) is 1.51. The average Bonchev–Trinajstić information content (AvgIpc) is 0.767. The van der Waals surface area contributed by atoms with E-state index < -0.39 is 210 Å². The summed E-state index contributed by atoms with van der Waals surface area (Å²) in [6, 6.07) is 23.3. The molecule has 2 saturated heterocycles. The first-order valence-electron chi connectivity index (χ1n) is 36.7. The minimum absolute atomic E-state index is 0.0725. The van der Waals surface area contributed by atoms with E-state index in [1.807, 2.05) is 50.2 Å². The third-order valence-electron chi connectivity index (χ3n) is 20.8. The number of carbonyl (C=O) groups excluding carboxylic acids is 8. The molecule has 0 radical (unpaired) electrons. The molecule has 7 heterocycles. The minimum Gasteiger partial charge on any atom is -0.508 e. The van der Waals surface area contributed by atoms with Crippen molar-refractivity contribution < 1.29 is 112 Å². The molecule has 9 unspecified atom stereocenters. The van der Waals surface area contributed by atoms with Crippen molar-refractivity contribution in [3.8, 4) is 74.0 Å².